The Morgan fingerprint density at radius 1 is 1.07 bits per heavy atom. The molecule has 2 aromatic carbocycles. The summed E-state index contributed by atoms with van der Waals surface area (Å²) < 4.78 is 5.47. The number of carbonyl (C=O) groups excluding carboxylic acids is 1. The van der Waals surface area contributed by atoms with Crippen LogP contribution in [-0.2, 0) is 6.61 Å². The van der Waals surface area contributed by atoms with E-state index < -0.39 is 0 Å². The zero-order chi connectivity index (χ0) is 19.8. The fourth-order valence-electron chi connectivity index (χ4n) is 3.58. The molecule has 0 saturated carbocycles. The number of nitrogens with one attached hydrogen (secondary N) is 1. The molecule has 0 aromatic heterocycles. The maximum atomic E-state index is 12.3. The molecule has 1 saturated heterocycles. The number of ether oxygens (including phenoxy) is 1. The van der Waals surface area contributed by atoms with Gasteiger partial charge in [-0.15, -0.1) is 0 Å². The highest BCUT2D eigenvalue weighted by molar-refractivity contribution is 5.95. The molecule has 1 amide bonds. The highest BCUT2D eigenvalue weighted by atomic mass is 16.5. The van der Waals surface area contributed by atoms with E-state index in [4.69, 9.17) is 4.74 Å². The Kier molecular flexibility index (Phi) is 7.28. The highest BCUT2D eigenvalue weighted by Gasteiger charge is 2.19. The number of hydrogen-bond donors (Lipinski definition) is 2. The zero-order valence-electron chi connectivity index (χ0n) is 16.4. The Bertz CT molecular complexity index is 773. The van der Waals surface area contributed by atoms with Gasteiger partial charge in [-0.05, 0) is 36.7 Å². The number of rotatable bonds is 8. The lowest BCUT2D eigenvalue weighted by Crippen LogP contribution is -2.47. The van der Waals surface area contributed by atoms with Crippen LogP contribution in [0.15, 0.2) is 48.5 Å². The third-order valence-corrected chi connectivity index (χ3v) is 5.17. The first-order chi connectivity index (χ1) is 13.7. The number of carbonyl (C=O) groups is 1. The monoisotopic (exact) mass is 383 g/mol. The van der Waals surface area contributed by atoms with Gasteiger partial charge >= 0.3 is 0 Å². The lowest BCUT2D eigenvalue weighted by molar-refractivity contribution is 0.0948. The summed E-state index contributed by atoms with van der Waals surface area (Å²) in [6.07, 6.45) is 0.904. The number of hydrogen-bond acceptors (Lipinski definition) is 5. The van der Waals surface area contributed by atoms with Crippen LogP contribution in [-0.4, -0.2) is 62.3 Å². The van der Waals surface area contributed by atoms with Crippen molar-refractivity contribution in [3.63, 3.8) is 0 Å². The van der Waals surface area contributed by atoms with Crippen LogP contribution in [0, 0.1) is 0 Å². The normalized spacial score (nSPS) is 14.7. The van der Waals surface area contributed by atoms with Crippen LogP contribution in [0.5, 0.6) is 5.75 Å². The number of aliphatic hydroxyl groups excluding tert-OH is 1. The van der Waals surface area contributed by atoms with Gasteiger partial charge in [-0.3, -0.25) is 9.69 Å². The molecule has 1 heterocycles. The molecule has 1 aliphatic rings. The Balaban J connectivity index is 1.39. The molecule has 6 nitrogen and oxygen atoms in total. The maximum Gasteiger partial charge on any atom is 0.251 e. The first kappa shape index (κ1) is 20.2. The van der Waals surface area contributed by atoms with Crippen molar-refractivity contribution in [1.82, 2.24) is 10.2 Å². The van der Waals surface area contributed by atoms with Crippen molar-refractivity contribution in [2.75, 3.05) is 51.3 Å². The smallest absolute Gasteiger partial charge is 0.251 e. The van der Waals surface area contributed by atoms with Crippen LogP contribution in [0.2, 0.25) is 0 Å². The Labute approximate surface area is 166 Å². The maximum absolute atomic E-state index is 12.3. The fourth-order valence-corrected chi connectivity index (χ4v) is 3.58. The largest absolute Gasteiger partial charge is 0.495 e. The number of nitrogens with zero attached hydrogens (tertiary/aromatic N) is 2. The number of aliphatic hydroxyl groups is 1. The molecule has 0 aliphatic carbocycles. The third-order valence-electron chi connectivity index (χ3n) is 5.17. The molecule has 0 spiro atoms. The molecule has 0 bridgehead atoms. The SMILES string of the molecule is COc1ccccc1N1CCN(CCCNC(=O)c2ccccc2CO)CC1. The molecule has 150 valence electrons. The average molecular weight is 383 g/mol. The topological polar surface area (TPSA) is 65.0 Å². The van der Waals surface area contributed by atoms with Crippen molar-refractivity contribution in [2.45, 2.75) is 13.0 Å². The number of para-hydroxylation sites is 2. The molecular weight excluding hydrogens is 354 g/mol. The predicted octanol–water partition coefficient (Wildman–Crippen LogP) is 2.13. The van der Waals surface area contributed by atoms with E-state index in [9.17, 15) is 9.90 Å². The summed E-state index contributed by atoms with van der Waals surface area (Å²) in [6, 6.07) is 15.3. The van der Waals surface area contributed by atoms with Crippen molar-refractivity contribution < 1.29 is 14.6 Å². The standard InChI is InChI=1S/C22H29N3O3/c1-28-21-10-5-4-9-20(21)25-15-13-24(14-16-25)12-6-11-23-22(27)19-8-3-2-7-18(19)17-26/h2-5,7-10,26H,6,11-17H2,1H3,(H,23,27). The number of amides is 1. The second kappa shape index (κ2) is 10.1. The molecule has 1 fully saturated rings. The highest BCUT2D eigenvalue weighted by Crippen LogP contribution is 2.28. The molecule has 0 atom stereocenters. The van der Waals surface area contributed by atoms with Gasteiger partial charge in [-0.25, -0.2) is 0 Å². The third kappa shape index (κ3) is 5.03. The van der Waals surface area contributed by atoms with Gasteiger partial charge in [0.1, 0.15) is 5.75 Å². The number of methoxy groups -OCH3 is 1. The van der Waals surface area contributed by atoms with Crippen molar-refractivity contribution in [3.8, 4) is 5.75 Å². The molecular formula is C22H29N3O3. The van der Waals surface area contributed by atoms with Gasteiger partial charge in [0.25, 0.3) is 5.91 Å². The van der Waals surface area contributed by atoms with Crippen LogP contribution >= 0.6 is 0 Å². The quantitative estimate of drug-likeness (QED) is 0.684. The minimum absolute atomic E-state index is 0.120. The minimum Gasteiger partial charge on any atom is -0.495 e. The average Bonchev–Trinajstić information content (AvgIpc) is 2.77. The van der Waals surface area contributed by atoms with E-state index in [1.54, 1.807) is 19.2 Å². The molecule has 3 rings (SSSR count). The second-order valence-electron chi connectivity index (χ2n) is 6.93. The molecule has 2 aromatic rings. The lowest BCUT2D eigenvalue weighted by Gasteiger charge is -2.36. The Hall–Kier alpha value is -2.57. The number of anilines is 1. The van der Waals surface area contributed by atoms with Crippen LogP contribution in [0.1, 0.15) is 22.3 Å². The predicted molar refractivity (Wildman–Crippen MR) is 111 cm³/mol. The first-order valence-electron chi connectivity index (χ1n) is 9.80. The van der Waals surface area contributed by atoms with E-state index in [0.29, 0.717) is 17.7 Å². The summed E-state index contributed by atoms with van der Waals surface area (Å²) in [5.74, 6) is 0.799. The van der Waals surface area contributed by atoms with E-state index in [0.717, 1.165) is 50.6 Å². The minimum atomic E-state index is -0.125. The van der Waals surface area contributed by atoms with Crippen LogP contribution in [0.25, 0.3) is 0 Å². The number of benzene rings is 2. The van der Waals surface area contributed by atoms with Crippen molar-refractivity contribution in [3.05, 3.63) is 59.7 Å². The van der Waals surface area contributed by atoms with E-state index in [-0.39, 0.29) is 12.5 Å². The van der Waals surface area contributed by atoms with E-state index in [2.05, 4.69) is 21.2 Å². The number of piperazine rings is 1. The summed E-state index contributed by atoms with van der Waals surface area (Å²) in [7, 11) is 1.71. The van der Waals surface area contributed by atoms with Gasteiger partial charge < -0.3 is 20.1 Å². The van der Waals surface area contributed by atoms with Crippen molar-refractivity contribution in [2.24, 2.45) is 0 Å². The summed E-state index contributed by atoms with van der Waals surface area (Å²) in [4.78, 5) is 17.1. The summed E-state index contributed by atoms with van der Waals surface area (Å²) in [5.41, 5.74) is 2.36. The van der Waals surface area contributed by atoms with Gasteiger partial charge in [0.2, 0.25) is 0 Å². The van der Waals surface area contributed by atoms with E-state index >= 15 is 0 Å². The molecule has 28 heavy (non-hydrogen) atoms. The fraction of sp³-hybridized carbons (Fsp3) is 0.409. The van der Waals surface area contributed by atoms with Gasteiger partial charge in [0.05, 0.1) is 19.4 Å². The molecule has 1 aliphatic heterocycles. The summed E-state index contributed by atoms with van der Waals surface area (Å²) in [5, 5.41) is 12.3. The van der Waals surface area contributed by atoms with E-state index in [1.807, 2.05) is 30.3 Å². The summed E-state index contributed by atoms with van der Waals surface area (Å²) >= 11 is 0. The second-order valence-corrected chi connectivity index (χ2v) is 6.93. The molecule has 0 radical (unpaired) electrons. The van der Waals surface area contributed by atoms with Gasteiger partial charge in [-0.1, -0.05) is 30.3 Å². The van der Waals surface area contributed by atoms with Gasteiger partial charge in [0, 0.05) is 38.3 Å². The Morgan fingerprint density at radius 2 is 1.79 bits per heavy atom. The van der Waals surface area contributed by atoms with Gasteiger partial charge in [0.15, 0.2) is 0 Å². The van der Waals surface area contributed by atoms with Crippen LogP contribution in [0.3, 0.4) is 0 Å². The van der Waals surface area contributed by atoms with Gasteiger partial charge in [-0.2, -0.15) is 0 Å². The Morgan fingerprint density at radius 3 is 2.54 bits per heavy atom. The van der Waals surface area contributed by atoms with Crippen molar-refractivity contribution >= 4 is 11.6 Å². The molecule has 0 unspecified atom stereocenters. The van der Waals surface area contributed by atoms with E-state index in [1.165, 1.54) is 0 Å². The van der Waals surface area contributed by atoms with Crippen LogP contribution in [0.4, 0.5) is 5.69 Å². The zero-order valence-corrected chi connectivity index (χ0v) is 16.4. The molecule has 6 heteroatoms. The molecule has 2 N–H and O–H groups in total. The summed E-state index contributed by atoms with van der Waals surface area (Å²) in [6.45, 7) is 5.40. The van der Waals surface area contributed by atoms with Crippen LogP contribution < -0.4 is 15.0 Å². The lowest BCUT2D eigenvalue weighted by atomic mass is 10.1. The first-order valence-corrected chi connectivity index (χ1v) is 9.80. The van der Waals surface area contributed by atoms with Crippen molar-refractivity contribution in [1.29, 1.82) is 0 Å².